The van der Waals surface area contributed by atoms with E-state index in [1.807, 2.05) is 74.7 Å². The maximum absolute atomic E-state index is 12.7. The van der Waals surface area contributed by atoms with Crippen LogP contribution >= 0.6 is 22.9 Å². The summed E-state index contributed by atoms with van der Waals surface area (Å²) in [6.45, 7) is 10.1. The molecule has 0 bridgehead atoms. The van der Waals surface area contributed by atoms with Crippen molar-refractivity contribution in [1.29, 1.82) is 0 Å². The summed E-state index contributed by atoms with van der Waals surface area (Å²) in [5.41, 5.74) is 5.02. The number of piperazine rings is 1. The van der Waals surface area contributed by atoms with E-state index in [0.29, 0.717) is 36.8 Å². The van der Waals surface area contributed by atoms with E-state index >= 15 is 0 Å². The van der Waals surface area contributed by atoms with E-state index in [9.17, 15) is 14.7 Å². The fourth-order valence-electron chi connectivity index (χ4n) is 6.66. The van der Waals surface area contributed by atoms with Gasteiger partial charge in [0.1, 0.15) is 11.6 Å². The molecule has 10 nitrogen and oxygen atoms in total. The van der Waals surface area contributed by atoms with Gasteiger partial charge in [0.05, 0.1) is 34.0 Å². The Morgan fingerprint density at radius 1 is 1.13 bits per heavy atom. The molecule has 1 N–H and O–H groups in total. The van der Waals surface area contributed by atoms with Crippen LogP contribution in [0.2, 0.25) is 5.02 Å². The minimum atomic E-state index is -1.18. The Morgan fingerprint density at radius 2 is 1.87 bits per heavy atom. The number of hydrogen-bond donors (Lipinski definition) is 1. The van der Waals surface area contributed by atoms with Crippen molar-refractivity contribution in [2.45, 2.75) is 45.4 Å². The minimum absolute atomic E-state index is 0.00452. The second kappa shape index (κ2) is 11.9. The average Bonchev–Trinajstić information content (AvgIpc) is 3.60. The van der Waals surface area contributed by atoms with E-state index in [2.05, 4.69) is 23.1 Å². The van der Waals surface area contributed by atoms with Crippen LogP contribution in [-0.2, 0) is 26.1 Å². The van der Waals surface area contributed by atoms with E-state index in [-0.39, 0.29) is 18.6 Å². The highest BCUT2D eigenvalue weighted by atomic mass is 35.5. The SMILES string of the molecule is Cc1cc2nc(-c3ccc4c(c3)c(N3CCN5C(=O)COC[C@H]5C3)nn4C)sc2c(-c2ccc(Cl)cc2)c1C(OC(C)(C)C)C(=O)O. The summed E-state index contributed by atoms with van der Waals surface area (Å²) in [6.07, 6.45) is -1.18. The number of rotatable bonds is 6. The molecule has 2 saturated heterocycles. The normalized spacial score (nSPS) is 17.8. The van der Waals surface area contributed by atoms with Crippen molar-refractivity contribution in [3.05, 3.63) is 64.7 Å². The number of carboxylic acids is 1. The minimum Gasteiger partial charge on any atom is -0.479 e. The van der Waals surface area contributed by atoms with Gasteiger partial charge in [-0.2, -0.15) is 5.10 Å². The van der Waals surface area contributed by atoms with E-state index in [4.69, 9.17) is 31.2 Å². The Hall–Kier alpha value is -4.03. The van der Waals surface area contributed by atoms with E-state index < -0.39 is 17.7 Å². The largest absolute Gasteiger partial charge is 0.479 e. The topological polar surface area (TPSA) is 110 Å². The molecule has 5 aromatic rings. The second-order valence-corrected chi connectivity index (χ2v) is 14.6. The van der Waals surface area contributed by atoms with Gasteiger partial charge in [-0.15, -0.1) is 11.3 Å². The van der Waals surface area contributed by atoms with Gasteiger partial charge >= 0.3 is 5.97 Å². The Bertz CT molecular complexity index is 2030. The number of anilines is 1. The third-order valence-corrected chi connectivity index (χ3v) is 10.1. The van der Waals surface area contributed by atoms with Crippen LogP contribution in [0.5, 0.6) is 0 Å². The number of halogens is 1. The monoisotopic (exact) mass is 673 g/mol. The predicted molar refractivity (Wildman–Crippen MR) is 184 cm³/mol. The number of thiazole rings is 1. The Labute approximate surface area is 281 Å². The van der Waals surface area contributed by atoms with Crippen LogP contribution in [0.25, 0.3) is 42.8 Å². The predicted octanol–water partition coefficient (Wildman–Crippen LogP) is 6.47. The number of carbonyl (C=O) groups excluding carboxylic acids is 1. The number of benzene rings is 3. The summed E-state index contributed by atoms with van der Waals surface area (Å²) in [5, 5.41) is 17.7. The lowest BCUT2D eigenvalue weighted by atomic mass is 9.91. The first-order valence-electron chi connectivity index (χ1n) is 15.6. The third kappa shape index (κ3) is 5.86. The first-order chi connectivity index (χ1) is 22.4. The van der Waals surface area contributed by atoms with E-state index in [1.165, 1.54) is 11.3 Å². The van der Waals surface area contributed by atoms with Crippen LogP contribution < -0.4 is 4.90 Å². The van der Waals surface area contributed by atoms with Crippen molar-refractivity contribution in [3.63, 3.8) is 0 Å². The molecule has 2 atom stereocenters. The van der Waals surface area contributed by atoms with Crippen LogP contribution in [0, 0.1) is 6.92 Å². The number of aryl methyl sites for hydroxylation is 2. The maximum atomic E-state index is 12.7. The first kappa shape index (κ1) is 31.6. The first-order valence-corrected chi connectivity index (χ1v) is 16.8. The molecule has 4 heterocycles. The highest BCUT2D eigenvalue weighted by molar-refractivity contribution is 7.22. The van der Waals surface area contributed by atoms with Crippen LogP contribution in [-0.4, -0.2) is 81.1 Å². The zero-order valence-electron chi connectivity index (χ0n) is 26.9. The smallest absolute Gasteiger partial charge is 0.337 e. The van der Waals surface area contributed by atoms with Crippen LogP contribution in [0.3, 0.4) is 0 Å². The number of amides is 1. The Balaban J connectivity index is 1.35. The quantitative estimate of drug-likeness (QED) is 0.219. The third-order valence-electron chi connectivity index (χ3n) is 8.73. The van der Waals surface area contributed by atoms with E-state index in [1.54, 1.807) is 0 Å². The zero-order valence-corrected chi connectivity index (χ0v) is 28.5. The number of fused-ring (bicyclic) bond motifs is 3. The summed E-state index contributed by atoms with van der Waals surface area (Å²) in [7, 11) is 1.94. The van der Waals surface area contributed by atoms with Gasteiger partial charge in [0, 0.05) is 53.8 Å². The highest BCUT2D eigenvalue weighted by Crippen LogP contribution is 2.45. The lowest BCUT2D eigenvalue weighted by molar-refractivity contribution is -0.160. The van der Waals surface area contributed by atoms with Crippen LogP contribution in [0.1, 0.15) is 38.0 Å². The van der Waals surface area contributed by atoms with Gasteiger partial charge in [0.15, 0.2) is 11.9 Å². The molecule has 2 aromatic heterocycles. The summed E-state index contributed by atoms with van der Waals surface area (Å²) in [4.78, 5) is 34.3. The molecule has 2 aliphatic heterocycles. The number of ether oxygens (including phenoxy) is 2. The van der Waals surface area contributed by atoms with Gasteiger partial charge in [-0.1, -0.05) is 23.7 Å². The molecule has 3 aromatic carbocycles. The van der Waals surface area contributed by atoms with Crippen molar-refractivity contribution in [3.8, 4) is 21.7 Å². The molecular weight excluding hydrogens is 638 g/mol. The lowest BCUT2D eigenvalue weighted by Gasteiger charge is -2.43. The van der Waals surface area contributed by atoms with Gasteiger partial charge < -0.3 is 24.4 Å². The van der Waals surface area contributed by atoms with Crippen molar-refractivity contribution in [1.82, 2.24) is 19.7 Å². The molecule has 1 unspecified atom stereocenters. The number of hydrogen-bond acceptors (Lipinski definition) is 8. The second-order valence-electron chi connectivity index (χ2n) is 13.2. The lowest BCUT2D eigenvalue weighted by Crippen LogP contribution is -2.60. The Morgan fingerprint density at radius 3 is 2.60 bits per heavy atom. The van der Waals surface area contributed by atoms with Gasteiger partial charge in [0.2, 0.25) is 5.91 Å². The molecule has 0 saturated carbocycles. The molecule has 0 aliphatic carbocycles. The number of carboxylic acid groups (broad SMARTS) is 1. The standard InChI is InChI=1S/C35H36ClN5O5S/c1-19-14-25-31(29(20-6-9-22(36)10-7-20)28(19)30(34(43)44)46-35(2,3)4)47-33(37-25)21-8-11-26-24(15-21)32(38-39(26)5)40-12-13-41-23(16-40)17-45-18-27(41)42/h6-11,14-15,23,30H,12-13,16-18H2,1-5H3,(H,43,44)/t23-,30?/m1/s1. The summed E-state index contributed by atoms with van der Waals surface area (Å²) >= 11 is 7.79. The van der Waals surface area contributed by atoms with E-state index in [0.717, 1.165) is 54.2 Å². The van der Waals surface area contributed by atoms with Crippen molar-refractivity contribution in [2.24, 2.45) is 7.05 Å². The average molecular weight is 674 g/mol. The van der Waals surface area contributed by atoms with Crippen molar-refractivity contribution in [2.75, 3.05) is 37.7 Å². The van der Waals surface area contributed by atoms with Crippen LogP contribution in [0.15, 0.2) is 48.5 Å². The zero-order chi connectivity index (χ0) is 33.2. The number of aliphatic carboxylic acids is 1. The fourth-order valence-corrected chi connectivity index (χ4v) is 7.91. The maximum Gasteiger partial charge on any atom is 0.337 e. The number of aromatic nitrogens is 3. The summed E-state index contributed by atoms with van der Waals surface area (Å²) in [5.74, 6) is -0.144. The molecule has 244 valence electrons. The van der Waals surface area contributed by atoms with Crippen molar-refractivity contribution < 1.29 is 24.2 Å². The molecule has 7 rings (SSSR count). The van der Waals surface area contributed by atoms with Gasteiger partial charge in [-0.05, 0) is 75.2 Å². The molecule has 0 spiro atoms. The molecule has 12 heteroatoms. The molecule has 47 heavy (non-hydrogen) atoms. The highest BCUT2D eigenvalue weighted by Gasteiger charge is 2.36. The summed E-state index contributed by atoms with van der Waals surface area (Å²) < 4.78 is 14.5. The van der Waals surface area contributed by atoms with Crippen molar-refractivity contribution >= 4 is 61.8 Å². The van der Waals surface area contributed by atoms with Gasteiger partial charge in [0.25, 0.3) is 0 Å². The number of carbonyl (C=O) groups is 2. The molecule has 2 fully saturated rings. The fraction of sp³-hybridized carbons (Fsp3) is 0.371. The molecular formula is C35H36ClN5O5S. The molecule has 0 radical (unpaired) electrons. The van der Waals surface area contributed by atoms with Gasteiger partial charge in [-0.25, -0.2) is 9.78 Å². The molecule has 1 amide bonds. The Kier molecular flexibility index (Phi) is 7.99. The summed E-state index contributed by atoms with van der Waals surface area (Å²) in [6, 6.07) is 15.6. The number of nitrogens with zero attached hydrogens (tertiary/aromatic N) is 5. The van der Waals surface area contributed by atoms with Crippen LogP contribution in [0.4, 0.5) is 5.82 Å². The number of morpholine rings is 1. The van der Waals surface area contributed by atoms with Gasteiger partial charge in [-0.3, -0.25) is 9.48 Å². The molecule has 2 aliphatic rings.